The van der Waals surface area contributed by atoms with Crippen LogP contribution in [0.1, 0.15) is 50.3 Å². The Morgan fingerprint density at radius 3 is 2.53 bits per heavy atom. The standard InChI is InChI=1S/C16H24N2O/c1-11-4-6-12(7-5-11)14(17)15(19)18-13-8-9-16(2,3)10-13/h4-7,13-14H,8-10,17H2,1-3H3,(H,18,19). The van der Waals surface area contributed by atoms with Gasteiger partial charge in [0.1, 0.15) is 6.04 Å². The lowest BCUT2D eigenvalue weighted by Crippen LogP contribution is -2.40. The molecule has 3 heteroatoms. The van der Waals surface area contributed by atoms with Crippen molar-refractivity contribution in [1.82, 2.24) is 5.32 Å². The van der Waals surface area contributed by atoms with Crippen molar-refractivity contribution >= 4 is 5.91 Å². The summed E-state index contributed by atoms with van der Waals surface area (Å²) in [6.07, 6.45) is 3.26. The molecule has 3 nitrogen and oxygen atoms in total. The summed E-state index contributed by atoms with van der Waals surface area (Å²) in [5.74, 6) is -0.0634. The zero-order valence-electron chi connectivity index (χ0n) is 12.1. The first-order valence-electron chi connectivity index (χ1n) is 7.00. The highest BCUT2D eigenvalue weighted by atomic mass is 16.2. The molecule has 0 spiro atoms. The lowest BCUT2D eigenvalue weighted by molar-refractivity contribution is -0.123. The molecular weight excluding hydrogens is 236 g/mol. The summed E-state index contributed by atoms with van der Waals surface area (Å²) in [5, 5.41) is 3.08. The Bertz CT molecular complexity index is 450. The number of hydrogen-bond donors (Lipinski definition) is 2. The number of nitrogens with two attached hydrogens (primary N) is 1. The number of hydrogen-bond acceptors (Lipinski definition) is 2. The largest absolute Gasteiger partial charge is 0.352 e. The van der Waals surface area contributed by atoms with Gasteiger partial charge in [-0.1, -0.05) is 43.7 Å². The molecule has 1 saturated carbocycles. The van der Waals surface area contributed by atoms with E-state index in [-0.39, 0.29) is 11.9 Å². The maximum absolute atomic E-state index is 12.2. The summed E-state index contributed by atoms with van der Waals surface area (Å²) in [5.41, 5.74) is 8.41. The van der Waals surface area contributed by atoms with Crippen molar-refractivity contribution in [3.63, 3.8) is 0 Å². The first-order chi connectivity index (χ1) is 8.87. The molecular formula is C16H24N2O. The highest BCUT2D eigenvalue weighted by Crippen LogP contribution is 2.37. The van der Waals surface area contributed by atoms with Gasteiger partial charge in [0.15, 0.2) is 0 Å². The van der Waals surface area contributed by atoms with Crippen LogP contribution in [0.5, 0.6) is 0 Å². The fourth-order valence-electron chi connectivity index (χ4n) is 2.78. The number of aryl methyl sites for hydroxylation is 1. The van der Waals surface area contributed by atoms with Gasteiger partial charge in [0.25, 0.3) is 0 Å². The highest BCUT2D eigenvalue weighted by molar-refractivity contribution is 5.83. The summed E-state index contributed by atoms with van der Waals surface area (Å²) >= 11 is 0. The van der Waals surface area contributed by atoms with Crippen LogP contribution in [-0.4, -0.2) is 11.9 Å². The van der Waals surface area contributed by atoms with E-state index in [1.807, 2.05) is 31.2 Å². The van der Waals surface area contributed by atoms with Crippen molar-refractivity contribution in [1.29, 1.82) is 0 Å². The average Bonchev–Trinajstić information content (AvgIpc) is 2.68. The molecule has 1 amide bonds. The summed E-state index contributed by atoms with van der Waals surface area (Å²) in [4.78, 5) is 12.2. The van der Waals surface area contributed by atoms with Crippen molar-refractivity contribution in [3.05, 3.63) is 35.4 Å². The second-order valence-corrected chi connectivity index (χ2v) is 6.50. The lowest BCUT2D eigenvalue weighted by atomic mass is 9.92. The maximum atomic E-state index is 12.2. The van der Waals surface area contributed by atoms with Crippen molar-refractivity contribution in [3.8, 4) is 0 Å². The van der Waals surface area contributed by atoms with E-state index in [0.717, 1.165) is 24.8 Å². The minimum atomic E-state index is -0.565. The van der Waals surface area contributed by atoms with E-state index < -0.39 is 6.04 Å². The quantitative estimate of drug-likeness (QED) is 0.878. The van der Waals surface area contributed by atoms with Crippen LogP contribution in [-0.2, 0) is 4.79 Å². The summed E-state index contributed by atoms with van der Waals surface area (Å²) < 4.78 is 0. The summed E-state index contributed by atoms with van der Waals surface area (Å²) in [7, 11) is 0. The minimum Gasteiger partial charge on any atom is -0.352 e. The van der Waals surface area contributed by atoms with Gasteiger partial charge < -0.3 is 11.1 Å². The molecule has 2 rings (SSSR count). The Balaban J connectivity index is 1.95. The Hall–Kier alpha value is -1.35. The normalized spacial score (nSPS) is 23.1. The van der Waals surface area contributed by atoms with Crippen LogP contribution in [0, 0.1) is 12.3 Å². The molecule has 1 aliphatic carbocycles. The van der Waals surface area contributed by atoms with Crippen LogP contribution in [0.3, 0.4) is 0 Å². The topological polar surface area (TPSA) is 55.1 Å². The first-order valence-corrected chi connectivity index (χ1v) is 7.00. The zero-order valence-corrected chi connectivity index (χ0v) is 12.1. The van der Waals surface area contributed by atoms with E-state index in [9.17, 15) is 4.79 Å². The number of carbonyl (C=O) groups excluding carboxylic acids is 1. The van der Waals surface area contributed by atoms with E-state index in [0.29, 0.717) is 5.41 Å². The molecule has 1 aromatic carbocycles. The predicted octanol–water partition coefficient (Wildman–Crippen LogP) is 2.69. The summed E-state index contributed by atoms with van der Waals surface area (Å²) in [6, 6.07) is 7.54. The molecule has 1 aliphatic rings. The number of carbonyl (C=O) groups is 1. The monoisotopic (exact) mass is 260 g/mol. The third-order valence-corrected chi connectivity index (χ3v) is 4.03. The van der Waals surface area contributed by atoms with Crippen molar-refractivity contribution < 1.29 is 4.79 Å². The minimum absolute atomic E-state index is 0.0634. The molecule has 0 heterocycles. The van der Waals surface area contributed by atoms with E-state index in [1.165, 1.54) is 5.56 Å². The zero-order chi connectivity index (χ0) is 14.0. The second kappa shape index (κ2) is 5.33. The lowest BCUT2D eigenvalue weighted by Gasteiger charge is -2.20. The molecule has 2 unspecified atom stereocenters. The SMILES string of the molecule is Cc1ccc(C(N)C(=O)NC2CCC(C)(C)C2)cc1. The summed E-state index contributed by atoms with van der Waals surface area (Å²) in [6.45, 7) is 6.52. The van der Waals surface area contributed by atoms with Crippen LogP contribution in [0.25, 0.3) is 0 Å². The van der Waals surface area contributed by atoms with Gasteiger partial charge in [0, 0.05) is 6.04 Å². The number of benzene rings is 1. The molecule has 19 heavy (non-hydrogen) atoms. The predicted molar refractivity (Wildman–Crippen MR) is 77.7 cm³/mol. The molecule has 0 saturated heterocycles. The maximum Gasteiger partial charge on any atom is 0.241 e. The van der Waals surface area contributed by atoms with Gasteiger partial charge in [-0.15, -0.1) is 0 Å². The third-order valence-electron chi connectivity index (χ3n) is 4.03. The Morgan fingerprint density at radius 1 is 1.37 bits per heavy atom. The highest BCUT2D eigenvalue weighted by Gasteiger charge is 2.32. The smallest absolute Gasteiger partial charge is 0.241 e. The van der Waals surface area contributed by atoms with Gasteiger partial charge in [-0.2, -0.15) is 0 Å². The van der Waals surface area contributed by atoms with E-state index in [4.69, 9.17) is 5.73 Å². The number of nitrogens with one attached hydrogen (secondary N) is 1. The third kappa shape index (κ3) is 3.57. The van der Waals surface area contributed by atoms with Crippen molar-refractivity contribution in [2.24, 2.45) is 11.1 Å². The average molecular weight is 260 g/mol. The van der Waals surface area contributed by atoms with Gasteiger partial charge in [-0.25, -0.2) is 0 Å². The number of rotatable bonds is 3. The van der Waals surface area contributed by atoms with Gasteiger partial charge in [-0.05, 0) is 37.2 Å². The molecule has 0 aliphatic heterocycles. The second-order valence-electron chi connectivity index (χ2n) is 6.50. The van der Waals surface area contributed by atoms with Crippen LogP contribution in [0.15, 0.2) is 24.3 Å². The van der Waals surface area contributed by atoms with Gasteiger partial charge in [-0.3, -0.25) is 4.79 Å². The molecule has 1 aromatic rings. The van der Waals surface area contributed by atoms with Gasteiger partial charge >= 0.3 is 0 Å². The molecule has 0 radical (unpaired) electrons. The number of amides is 1. The van der Waals surface area contributed by atoms with Crippen molar-refractivity contribution in [2.45, 2.75) is 52.1 Å². The fourth-order valence-corrected chi connectivity index (χ4v) is 2.78. The van der Waals surface area contributed by atoms with Crippen LogP contribution in [0.2, 0.25) is 0 Å². The Morgan fingerprint density at radius 2 is 2.00 bits per heavy atom. The van der Waals surface area contributed by atoms with Gasteiger partial charge in [0.05, 0.1) is 0 Å². The van der Waals surface area contributed by atoms with E-state index in [1.54, 1.807) is 0 Å². The van der Waals surface area contributed by atoms with E-state index in [2.05, 4.69) is 19.2 Å². The Kier molecular flexibility index (Phi) is 3.95. The van der Waals surface area contributed by atoms with Crippen LogP contribution < -0.4 is 11.1 Å². The Labute approximate surface area is 115 Å². The first kappa shape index (κ1) is 14.1. The molecule has 3 N–H and O–H groups in total. The molecule has 1 fully saturated rings. The van der Waals surface area contributed by atoms with Gasteiger partial charge in [0.2, 0.25) is 5.91 Å². The molecule has 104 valence electrons. The molecule has 2 atom stereocenters. The van der Waals surface area contributed by atoms with Crippen LogP contribution >= 0.6 is 0 Å². The van der Waals surface area contributed by atoms with Crippen LogP contribution in [0.4, 0.5) is 0 Å². The molecule has 0 bridgehead atoms. The van der Waals surface area contributed by atoms with Crippen molar-refractivity contribution in [2.75, 3.05) is 0 Å². The fraction of sp³-hybridized carbons (Fsp3) is 0.562. The molecule has 0 aromatic heterocycles. The van der Waals surface area contributed by atoms with E-state index >= 15 is 0 Å².